The molecule has 0 amide bonds. The zero-order valence-corrected chi connectivity index (χ0v) is 15.2. The second-order valence-electron chi connectivity index (χ2n) is 6.85. The van der Waals surface area contributed by atoms with Gasteiger partial charge in [0.1, 0.15) is 5.01 Å². The van der Waals surface area contributed by atoms with E-state index in [0.717, 1.165) is 12.5 Å². The number of thiazole rings is 1. The van der Waals surface area contributed by atoms with E-state index in [0.29, 0.717) is 0 Å². The highest BCUT2D eigenvalue weighted by molar-refractivity contribution is 7.20. The summed E-state index contributed by atoms with van der Waals surface area (Å²) >= 11 is 3.56. The zero-order valence-electron chi connectivity index (χ0n) is 13.6. The molecular formula is C18H25N3S2. The van der Waals surface area contributed by atoms with Crippen LogP contribution in [0.5, 0.6) is 0 Å². The lowest BCUT2D eigenvalue weighted by Gasteiger charge is -2.33. The van der Waals surface area contributed by atoms with Crippen LogP contribution in [0.2, 0.25) is 0 Å². The van der Waals surface area contributed by atoms with Gasteiger partial charge in [0.2, 0.25) is 0 Å². The fraction of sp³-hybridized carbons (Fsp3) is 0.611. The molecule has 0 bridgehead atoms. The fourth-order valence-electron chi connectivity index (χ4n) is 3.78. The molecule has 4 heterocycles. The number of hydrogen-bond donors (Lipinski definition) is 0. The van der Waals surface area contributed by atoms with Crippen molar-refractivity contribution < 1.29 is 0 Å². The van der Waals surface area contributed by atoms with Crippen LogP contribution in [0.4, 0.5) is 0 Å². The van der Waals surface area contributed by atoms with Gasteiger partial charge in [0.05, 0.1) is 10.6 Å². The van der Waals surface area contributed by atoms with E-state index in [2.05, 4.69) is 32.7 Å². The lowest BCUT2D eigenvalue weighted by Crippen LogP contribution is -2.37. The second-order valence-corrected chi connectivity index (χ2v) is 8.65. The molecule has 0 radical (unpaired) electrons. The summed E-state index contributed by atoms with van der Waals surface area (Å²) in [6.45, 7) is 7.52. The SMILES string of the molecule is c1csc(-c2nc(CN3CCC(CN4CCCC4)CC3)cs2)c1. The first kappa shape index (κ1) is 15.8. The average molecular weight is 348 g/mol. The summed E-state index contributed by atoms with van der Waals surface area (Å²) in [5, 5.41) is 5.55. The molecule has 2 aliphatic rings. The maximum atomic E-state index is 4.83. The average Bonchev–Trinajstić information content (AvgIpc) is 3.31. The molecule has 5 heteroatoms. The summed E-state index contributed by atoms with van der Waals surface area (Å²) in [6, 6.07) is 4.27. The van der Waals surface area contributed by atoms with Crippen LogP contribution >= 0.6 is 22.7 Å². The first-order valence-electron chi connectivity index (χ1n) is 8.80. The Morgan fingerprint density at radius 3 is 2.61 bits per heavy atom. The Balaban J connectivity index is 1.26. The number of aromatic nitrogens is 1. The topological polar surface area (TPSA) is 19.4 Å². The molecular weight excluding hydrogens is 322 g/mol. The highest BCUT2D eigenvalue weighted by Gasteiger charge is 2.23. The molecule has 0 aliphatic carbocycles. The van der Waals surface area contributed by atoms with Crippen LogP contribution in [0.15, 0.2) is 22.9 Å². The first-order valence-corrected chi connectivity index (χ1v) is 10.6. The first-order chi connectivity index (χ1) is 11.4. The van der Waals surface area contributed by atoms with E-state index in [1.807, 2.05) is 0 Å². The minimum Gasteiger partial charge on any atom is -0.303 e. The number of rotatable bonds is 5. The zero-order chi connectivity index (χ0) is 15.5. The summed E-state index contributed by atoms with van der Waals surface area (Å²) in [7, 11) is 0. The third-order valence-electron chi connectivity index (χ3n) is 5.09. The quantitative estimate of drug-likeness (QED) is 0.809. The Hall–Kier alpha value is -0.750. The fourth-order valence-corrected chi connectivity index (χ4v) is 5.40. The number of hydrogen-bond acceptors (Lipinski definition) is 5. The molecule has 0 atom stereocenters. The van der Waals surface area contributed by atoms with Crippen molar-refractivity contribution in [1.29, 1.82) is 0 Å². The monoisotopic (exact) mass is 347 g/mol. The largest absolute Gasteiger partial charge is 0.303 e. The van der Waals surface area contributed by atoms with Crippen molar-refractivity contribution in [2.24, 2.45) is 5.92 Å². The molecule has 23 heavy (non-hydrogen) atoms. The summed E-state index contributed by atoms with van der Waals surface area (Å²) in [4.78, 5) is 11.4. The Morgan fingerprint density at radius 2 is 1.87 bits per heavy atom. The van der Waals surface area contributed by atoms with Crippen molar-refractivity contribution in [2.75, 3.05) is 32.7 Å². The molecule has 2 aromatic rings. The van der Waals surface area contributed by atoms with E-state index in [-0.39, 0.29) is 0 Å². The van der Waals surface area contributed by atoms with E-state index < -0.39 is 0 Å². The van der Waals surface area contributed by atoms with Crippen LogP contribution in [0.25, 0.3) is 9.88 Å². The van der Waals surface area contributed by atoms with E-state index in [4.69, 9.17) is 4.98 Å². The summed E-state index contributed by atoms with van der Waals surface area (Å²) in [5.41, 5.74) is 1.25. The smallest absolute Gasteiger partial charge is 0.133 e. The van der Waals surface area contributed by atoms with Gasteiger partial charge in [0.25, 0.3) is 0 Å². The molecule has 0 saturated carbocycles. The molecule has 2 aromatic heterocycles. The van der Waals surface area contributed by atoms with Gasteiger partial charge in [-0.2, -0.15) is 0 Å². The summed E-state index contributed by atoms with van der Waals surface area (Å²) < 4.78 is 0. The van der Waals surface area contributed by atoms with Gasteiger partial charge in [-0.25, -0.2) is 4.98 Å². The maximum absolute atomic E-state index is 4.83. The predicted molar refractivity (Wildman–Crippen MR) is 99.1 cm³/mol. The van der Waals surface area contributed by atoms with Gasteiger partial charge in [-0.3, -0.25) is 4.90 Å². The molecule has 124 valence electrons. The minimum absolute atomic E-state index is 0.918. The Kier molecular flexibility index (Phi) is 5.09. The van der Waals surface area contributed by atoms with E-state index in [9.17, 15) is 0 Å². The number of thiophene rings is 1. The van der Waals surface area contributed by atoms with Gasteiger partial charge in [-0.1, -0.05) is 6.07 Å². The van der Waals surface area contributed by atoms with Crippen LogP contribution in [0, 0.1) is 5.92 Å². The van der Waals surface area contributed by atoms with E-state index in [1.165, 1.54) is 74.0 Å². The van der Waals surface area contributed by atoms with Gasteiger partial charge >= 0.3 is 0 Å². The van der Waals surface area contributed by atoms with E-state index >= 15 is 0 Å². The summed E-state index contributed by atoms with van der Waals surface area (Å²) in [6.07, 6.45) is 5.54. The highest BCUT2D eigenvalue weighted by Crippen LogP contribution is 2.29. The van der Waals surface area contributed by atoms with Crippen molar-refractivity contribution in [2.45, 2.75) is 32.2 Å². The van der Waals surface area contributed by atoms with Crippen LogP contribution in [0.1, 0.15) is 31.4 Å². The molecule has 0 N–H and O–H groups in total. The minimum atomic E-state index is 0.918. The number of likely N-dealkylation sites (tertiary alicyclic amines) is 2. The second kappa shape index (κ2) is 7.43. The van der Waals surface area contributed by atoms with Crippen molar-refractivity contribution in [3.63, 3.8) is 0 Å². The Morgan fingerprint density at radius 1 is 1.04 bits per heavy atom. The van der Waals surface area contributed by atoms with Gasteiger partial charge in [-0.05, 0) is 69.2 Å². The molecule has 2 saturated heterocycles. The molecule has 4 rings (SSSR count). The maximum Gasteiger partial charge on any atom is 0.133 e. The predicted octanol–water partition coefficient (Wildman–Crippen LogP) is 4.18. The van der Waals surface area contributed by atoms with Crippen molar-refractivity contribution in [1.82, 2.24) is 14.8 Å². The third kappa shape index (κ3) is 4.02. The van der Waals surface area contributed by atoms with E-state index in [1.54, 1.807) is 22.7 Å². The van der Waals surface area contributed by atoms with Gasteiger partial charge in [-0.15, -0.1) is 22.7 Å². The van der Waals surface area contributed by atoms with Crippen molar-refractivity contribution in [3.05, 3.63) is 28.6 Å². The molecule has 3 nitrogen and oxygen atoms in total. The van der Waals surface area contributed by atoms with Crippen molar-refractivity contribution >= 4 is 22.7 Å². The molecule has 2 aliphatic heterocycles. The Bertz CT molecular complexity index is 594. The van der Waals surface area contributed by atoms with Crippen LogP contribution in [0.3, 0.4) is 0 Å². The van der Waals surface area contributed by atoms with Gasteiger partial charge in [0.15, 0.2) is 0 Å². The Labute approximate surface area is 147 Å². The van der Waals surface area contributed by atoms with Crippen LogP contribution in [-0.2, 0) is 6.54 Å². The lowest BCUT2D eigenvalue weighted by molar-refractivity contribution is 0.148. The number of nitrogens with zero attached hydrogens (tertiary/aromatic N) is 3. The van der Waals surface area contributed by atoms with Gasteiger partial charge < -0.3 is 4.90 Å². The van der Waals surface area contributed by atoms with Crippen LogP contribution in [-0.4, -0.2) is 47.5 Å². The normalized spacial score (nSPS) is 21.2. The number of piperidine rings is 1. The molecule has 0 aromatic carbocycles. The van der Waals surface area contributed by atoms with Crippen LogP contribution < -0.4 is 0 Å². The van der Waals surface area contributed by atoms with Crippen molar-refractivity contribution in [3.8, 4) is 9.88 Å². The molecule has 0 spiro atoms. The summed E-state index contributed by atoms with van der Waals surface area (Å²) in [5.74, 6) is 0.918. The molecule has 2 fully saturated rings. The third-order valence-corrected chi connectivity index (χ3v) is 7.02. The lowest BCUT2D eigenvalue weighted by atomic mass is 9.96. The molecule has 0 unspecified atom stereocenters. The highest BCUT2D eigenvalue weighted by atomic mass is 32.1. The van der Waals surface area contributed by atoms with Gasteiger partial charge in [0, 0.05) is 18.5 Å². The standard InChI is InChI=1S/C18H25N3S2/c1-2-8-20(7-1)12-15-5-9-21(10-6-15)13-16-14-23-18(19-16)17-4-3-11-22-17/h3-4,11,14-15H,1-2,5-10,12-13H2.